The normalized spacial score (nSPS) is 14.6. The Morgan fingerprint density at radius 2 is 2.14 bits per heavy atom. The van der Waals surface area contributed by atoms with Gasteiger partial charge in [-0.25, -0.2) is 10.6 Å². The molecule has 0 bridgehead atoms. The van der Waals surface area contributed by atoms with E-state index in [1.165, 1.54) is 5.01 Å². The van der Waals surface area contributed by atoms with Gasteiger partial charge in [-0.15, -0.1) is 0 Å². The summed E-state index contributed by atoms with van der Waals surface area (Å²) in [5.74, 6) is 4.78. The van der Waals surface area contributed by atoms with Crippen molar-refractivity contribution in [1.82, 2.24) is 0 Å². The summed E-state index contributed by atoms with van der Waals surface area (Å²) in [7, 11) is 0. The molecule has 14 heavy (non-hydrogen) atoms. The van der Waals surface area contributed by atoms with Crippen molar-refractivity contribution < 1.29 is 9.90 Å². The second-order valence-corrected chi connectivity index (χ2v) is 3.16. The van der Waals surface area contributed by atoms with Gasteiger partial charge in [0.25, 0.3) is 0 Å². The predicted molar refractivity (Wildman–Crippen MR) is 53.6 cm³/mol. The topological polar surface area (TPSA) is 66.6 Å². The van der Waals surface area contributed by atoms with Crippen LogP contribution in [0.25, 0.3) is 6.08 Å². The first-order chi connectivity index (χ1) is 6.68. The Morgan fingerprint density at radius 3 is 2.86 bits per heavy atom. The highest BCUT2D eigenvalue weighted by Gasteiger charge is 2.18. The highest BCUT2D eigenvalue weighted by Crippen LogP contribution is 2.25. The van der Waals surface area contributed by atoms with Crippen molar-refractivity contribution in [3.8, 4) is 0 Å². The summed E-state index contributed by atoms with van der Waals surface area (Å²) in [6.07, 6.45) is 1.65. The van der Waals surface area contributed by atoms with Crippen molar-refractivity contribution in [3.63, 3.8) is 0 Å². The number of benzene rings is 1. The van der Waals surface area contributed by atoms with Gasteiger partial charge in [0.15, 0.2) is 0 Å². The van der Waals surface area contributed by atoms with Crippen LogP contribution in [0.2, 0.25) is 0 Å². The summed E-state index contributed by atoms with van der Waals surface area (Å²) >= 11 is 0. The minimum absolute atomic E-state index is 0.242. The van der Waals surface area contributed by atoms with Crippen LogP contribution in [0, 0.1) is 0 Å². The van der Waals surface area contributed by atoms with Crippen LogP contribution in [0.4, 0.5) is 5.69 Å². The lowest BCUT2D eigenvalue weighted by atomic mass is 10.0. The number of rotatable bonds is 1. The highest BCUT2D eigenvalue weighted by atomic mass is 16.4. The zero-order valence-corrected chi connectivity index (χ0v) is 7.47. The molecule has 1 aromatic rings. The minimum Gasteiger partial charge on any atom is -0.478 e. The van der Waals surface area contributed by atoms with Gasteiger partial charge in [0, 0.05) is 0 Å². The zero-order valence-electron chi connectivity index (χ0n) is 7.47. The van der Waals surface area contributed by atoms with Crippen molar-refractivity contribution in [2.24, 2.45) is 5.84 Å². The van der Waals surface area contributed by atoms with Crippen LogP contribution in [-0.2, 0) is 4.79 Å². The number of para-hydroxylation sites is 1. The Hall–Kier alpha value is -1.81. The fraction of sp³-hybridized carbons (Fsp3) is 0.100. The molecule has 1 aliphatic rings. The third kappa shape index (κ3) is 1.36. The SMILES string of the molecule is NN1CC(C(=O)O)=Cc2ccccc21. The Labute approximate surface area is 81.2 Å². The van der Waals surface area contributed by atoms with E-state index in [2.05, 4.69) is 0 Å². The molecule has 0 aromatic heterocycles. The van der Waals surface area contributed by atoms with E-state index < -0.39 is 5.97 Å². The molecule has 72 valence electrons. The number of aliphatic carboxylic acids is 1. The molecule has 0 amide bonds. The molecule has 0 saturated heterocycles. The maximum Gasteiger partial charge on any atom is 0.333 e. The molecule has 0 spiro atoms. The van der Waals surface area contributed by atoms with E-state index in [4.69, 9.17) is 10.9 Å². The second kappa shape index (κ2) is 3.16. The number of hydrazine groups is 1. The lowest BCUT2D eigenvalue weighted by Gasteiger charge is -2.25. The molecule has 4 nitrogen and oxygen atoms in total. The number of anilines is 1. The number of nitrogens with zero attached hydrogens (tertiary/aromatic N) is 1. The van der Waals surface area contributed by atoms with E-state index in [1.807, 2.05) is 24.3 Å². The van der Waals surface area contributed by atoms with Crippen LogP contribution in [-0.4, -0.2) is 17.6 Å². The third-order valence-electron chi connectivity index (χ3n) is 2.19. The van der Waals surface area contributed by atoms with E-state index in [0.717, 1.165) is 11.3 Å². The van der Waals surface area contributed by atoms with Gasteiger partial charge in [0.05, 0.1) is 17.8 Å². The van der Waals surface area contributed by atoms with Crippen molar-refractivity contribution in [2.45, 2.75) is 0 Å². The molecule has 0 atom stereocenters. The Bertz CT molecular complexity index is 412. The number of nitrogens with two attached hydrogens (primary N) is 1. The molecule has 0 aliphatic carbocycles. The highest BCUT2D eigenvalue weighted by molar-refractivity contribution is 5.96. The van der Waals surface area contributed by atoms with Crippen LogP contribution in [0.3, 0.4) is 0 Å². The smallest absolute Gasteiger partial charge is 0.333 e. The number of fused-ring (bicyclic) bond motifs is 1. The van der Waals surface area contributed by atoms with Crippen molar-refractivity contribution >= 4 is 17.7 Å². The molecule has 0 fully saturated rings. The number of hydrogen-bond donors (Lipinski definition) is 2. The summed E-state index contributed by atoms with van der Waals surface area (Å²) in [4.78, 5) is 10.8. The molecule has 0 unspecified atom stereocenters. The van der Waals surface area contributed by atoms with Gasteiger partial charge in [-0.2, -0.15) is 0 Å². The molecule has 2 rings (SSSR count). The first-order valence-corrected chi connectivity index (χ1v) is 4.23. The Kier molecular flexibility index (Phi) is 1.98. The van der Waals surface area contributed by atoms with Crippen LogP contribution >= 0.6 is 0 Å². The van der Waals surface area contributed by atoms with Crippen LogP contribution in [0.15, 0.2) is 29.8 Å². The molecule has 0 saturated carbocycles. The van der Waals surface area contributed by atoms with Crippen LogP contribution < -0.4 is 10.9 Å². The summed E-state index contributed by atoms with van der Waals surface area (Å²) in [6, 6.07) is 7.44. The van der Waals surface area contributed by atoms with Gasteiger partial charge in [0.1, 0.15) is 0 Å². The second-order valence-electron chi connectivity index (χ2n) is 3.16. The first-order valence-electron chi connectivity index (χ1n) is 4.23. The van der Waals surface area contributed by atoms with Crippen molar-refractivity contribution in [2.75, 3.05) is 11.6 Å². The minimum atomic E-state index is -0.921. The summed E-state index contributed by atoms with van der Waals surface area (Å²) in [5.41, 5.74) is 2.02. The van der Waals surface area contributed by atoms with Gasteiger partial charge in [0.2, 0.25) is 0 Å². The van der Waals surface area contributed by atoms with Gasteiger partial charge in [-0.05, 0) is 17.7 Å². The van der Waals surface area contributed by atoms with Gasteiger partial charge >= 0.3 is 5.97 Å². The molecule has 4 heteroatoms. The lowest BCUT2D eigenvalue weighted by Crippen LogP contribution is -2.36. The summed E-state index contributed by atoms with van der Waals surface area (Å²) in [6.45, 7) is 0.242. The molecule has 1 aromatic carbocycles. The van der Waals surface area contributed by atoms with Crippen molar-refractivity contribution in [3.05, 3.63) is 35.4 Å². The molecular weight excluding hydrogens is 180 g/mol. The Morgan fingerprint density at radius 1 is 1.43 bits per heavy atom. The summed E-state index contributed by atoms with van der Waals surface area (Å²) in [5, 5.41) is 10.3. The molecule has 1 aliphatic heterocycles. The molecule has 1 heterocycles. The van der Waals surface area contributed by atoms with Gasteiger partial charge in [-0.3, -0.25) is 0 Å². The van der Waals surface area contributed by atoms with E-state index in [0.29, 0.717) is 5.57 Å². The average Bonchev–Trinajstić information content (AvgIpc) is 2.17. The average molecular weight is 190 g/mol. The predicted octanol–water partition coefficient (Wildman–Crippen LogP) is 0.848. The number of carboxylic acids is 1. The zero-order chi connectivity index (χ0) is 10.1. The maximum absolute atomic E-state index is 10.8. The largest absolute Gasteiger partial charge is 0.478 e. The lowest BCUT2D eigenvalue weighted by molar-refractivity contribution is -0.132. The number of carbonyl (C=O) groups is 1. The van der Waals surface area contributed by atoms with E-state index >= 15 is 0 Å². The molecular formula is C10H10N2O2. The molecule has 0 radical (unpaired) electrons. The van der Waals surface area contributed by atoms with Crippen LogP contribution in [0.1, 0.15) is 5.56 Å². The number of carboxylic acid groups (broad SMARTS) is 1. The quantitative estimate of drug-likeness (QED) is 0.644. The van der Waals surface area contributed by atoms with Gasteiger partial charge < -0.3 is 10.1 Å². The van der Waals surface area contributed by atoms with E-state index in [-0.39, 0.29) is 6.54 Å². The fourth-order valence-corrected chi connectivity index (χ4v) is 1.50. The summed E-state index contributed by atoms with van der Waals surface area (Å²) < 4.78 is 0. The van der Waals surface area contributed by atoms with Crippen LogP contribution in [0.5, 0.6) is 0 Å². The van der Waals surface area contributed by atoms with Gasteiger partial charge in [-0.1, -0.05) is 18.2 Å². The monoisotopic (exact) mass is 190 g/mol. The standard InChI is InChI=1S/C10H10N2O2/c11-12-6-8(10(13)14)5-7-3-1-2-4-9(7)12/h1-5H,6,11H2,(H,13,14). The Balaban J connectivity index is 2.50. The fourth-order valence-electron chi connectivity index (χ4n) is 1.50. The first kappa shape index (κ1) is 8.77. The maximum atomic E-state index is 10.8. The van der Waals surface area contributed by atoms with E-state index in [1.54, 1.807) is 6.08 Å². The third-order valence-corrected chi connectivity index (χ3v) is 2.19. The van der Waals surface area contributed by atoms with Crippen molar-refractivity contribution in [1.29, 1.82) is 0 Å². The van der Waals surface area contributed by atoms with E-state index in [9.17, 15) is 4.79 Å². The number of hydrogen-bond acceptors (Lipinski definition) is 3. The molecule has 3 N–H and O–H groups in total.